The standard InChI is InChI=1S/C18H21N3O6S2/c1-3-12-4-6-15(19-28(2,24)25)14(8-12)9-13-5-7-16(17(22)10-13)21-11-18(23)20-29(21,26)27/h4-8,10,19,22H,3,9,11H2,1-2H3,(H,20,23). The molecule has 2 aromatic rings. The van der Waals surface area contributed by atoms with Crippen molar-refractivity contribution >= 4 is 37.5 Å². The Balaban J connectivity index is 1.93. The molecule has 3 rings (SSSR count). The van der Waals surface area contributed by atoms with Crippen LogP contribution < -0.4 is 13.7 Å². The topological polar surface area (TPSA) is 133 Å². The van der Waals surface area contributed by atoms with Crippen molar-refractivity contribution in [2.45, 2.75) is 19.8 Å². The van der Waals surface area contributed by atoms with Gasteiger partial charge in [-0.25, -0.2) is 17.4 Å². The molecule has 0 radical (unpaired) electrons. The molecule has 0 spiro atoms. The van der Waals surface area contributed by atoms with Crippen LogP contribution in [0.2, 0.25) is 0 Å². The van der Waals surface area contributed by atoms with E-state index in [-0.39, 0.29) is 11.4 Å². The highest BCUT2D eigenvalue weighted by Crippen LogP contribution is 2.32. The fraction of sp³-hybridized carbons (Fsp3) is 0.278. The maximum absolute atomic E-state index is 12.0. The number of nitrogens with one attached hydrogen (secondary N) is 2. The van der Waals surface area contributed by atoms with Crippen molar-refractivity contribution < 1.29 is 26.7 Å². The van der Waals surface area contributed by atoms with Gasteiger partial charge in [-0.05, 0) is 47.7 Å². The number of carbonyl (C=O) groups is 1. The summed E-state index contributed by atoms with van der Waals surface area (Å²) < 4.78 is 52.4. The molecule has 9 nitrogen and oxygen atoms in total. The number of anilines is 2. The van der Waals surface area contributed by atoms with Gasteiger partial charge in [0, 0.05) is 0 Å². The molecule has 0 unspecified atom stereocenters. The number of nitrogens with zero attached hydrogens (tertiary/aromatic N) is 1. The third-order valence-corrected chi connectivity index (χ3v) is 6.38. The number of phenols is 1. The molecule has 2 aromatic carbocycles. The minimum Gasteiger partial charge on any atom is -0.506 e. The van der Waals surface area contributed by atoms with E-state index in [1.54, 1.807) is 12.1 Å². The molecule has 156 valence electrons. The Morgan fingerprint density at radius 1 is 1.17 bits per heavy atom. The second kappa shape index (κ2) is 7.56. The van der Waals surface area contributed by atoms with Gasteiger partial charge in [0.05, 0.1) is 17.6 Å². The minimum absolute atomic E-state index is 0.0103. The molecule has 1 heterocycles. The van der Waals surface area contributed by atoms with Gasteiger partial charge in [-0.1, -0.05) is 25.1 Å². The summed E-state index contributed by atoms with van der Waals surface area (Å²) in [5.41, 5.74) is 2.81. The van der Waals surface area contributed by atoms with Crippen LogP contribution in [0.5, 0.6) is 5.75 Å². The van der Waals surface area contributed by atoms with Crippen molar-refractivity contribution in [3.63, 3.8) is 0 Å². The van der Waals surface area contributed by atoms with E-state index in [4.69, 9.17) is 0 Å². The zero-order valence-electron chi connectivity index (χ0n) is 15.8. The number of rotatable bonds is 6. The molecular formula is C18H21N3O6S2. The van der Waals surface area contributed by atoms with Crippen LogP contribution in [0.1, 0.15) is 23.6 Å². The Labute approximate surface area is 169 Å². The first-order valence-electron chi connectivity index (χ1n) is 8.73. The molecule has 11 heteroatoms. The average molecular weight is 440 g/mol. The Morgan fingerprint density at radius 2 is 1.86 bits per heavy atom. The predicted molar refractivity (Wildman–Crippen MR) is 110 cm³/mol. The average Bonchev–Trinajstić information content (AvgIpc) is 2.87. The Hall–Kier alpha value is -2.79. The van der Waals surface area contributed by atoms with E-state index < -0.39 is 32.7 Å². The highest BCUT2D eigenvalue weighted by molar-refractivity contribution is 7.92. The third kappa shape index (κ3) is 4.80. The van der Waals surface area contributed by atoms with Crippen LogP contribution in [0.15, 0.2) is 36.4 Å². The van der Waals surface area contributed by atoms with Crippen LogP contribution in [0, 0.1) is 0 Å². The highest BCUT2D eigenvalue weighted by atomic mass is 32.2. The summed E-state index contributed by atoms with van der Waals surface area (Å²) in [6.07, 6.45) is 2.14. The SMILES string of the molecule is CCc1ccc(NS(C)(=O)=O)c(Cc2ccc(N3CC(=O)NS3(=O)=O)c(O)c2)c1. The molecule has 1 aliphatic rings. The summed E-state index contributed by atoms with van der Waals surface area (Å²) >= 11 is 0. The van der Waals surface area contributed by atoms with Crippen LogP contribution in [0.4, 0.5) is 11.4 Å². The molecule has 3 N–H and O–H groups in total. The van der Waals surface area contributed by atoms with Crippen molar-refractivity contribution in [1.82, 2.24) is 4.72 Å². The molecule has 0 bridgehead atoms. The summed E-state index contributed by atoms with van der Waals surface area (Å²) in [4.78, 5) is 11.4. The van der Waals surface area contributed by atoms with Crippen molar-refractivity contribution in [3.05, 3.63) is 53.1 Å². The van der Waals surface area contributed by atoms with Gasteiger partial charge in [-0.2, -0.15) is 8.42 Å². The number of amides is 1. The predicted octanol–water partition coefficient (Wildman–Crippen LogP) is 1.10. The number of hydrogen-bond donors (Lipinski definition) is 3. The first-order valence-corrected chi connectivity index (χ1v) is 12.1. The van der Waals surface area contributed by atoms with E-state index in [9.17, 15) is 26.7 Å². The molecule has 29 heavy (non-hydrogen) atoms. The first kappa shape index (κ1) is 20.9. The lowest BCUT2D eigenvalue weighted by molar-refractivity contribution is -0.117. The summed E-state index contributed by atoms with van der Waals surface area (Å²) in [7, 11) is -7.49. The van der Waals surface area contributed by atoms with Crippen LogP contribution in [-0.2, 0) is 37.9 Å². The molecule has 1 fully saturated rings. The van der Waals surface area contributed by atoms with Crippen LogP contribution in [-0.4, -0.2) is 40.6 Å². The lowest BCUT2D eigenvalue weighted by atomic mass is 9.99. The van der Waals surface area contributed by atoms with Gasteiger partial charge in [0.15, 0.2) is 0 Å². The van der Waals surface area contributed by atoms with Gasteiger partial charge in [0.2, 0.25) is 10.0 Å². The van der Waals surface area contributed by atoms with Gasteiger partial charge in [0.25, 0.3) is 5.91 Å². The van der Waals surface area contributed by atoms with Gasteiger partial charge in [0.1, 0.15) is 12.3 Å². The maximum Gasteiger partial charge on any atom is 0.326 e. The Bertz CT molecular complexity index is 1180. The number of benzene rings is 2. The zero-order valence-corrected chi connectivity index (χ0v) is 17.5. The lowest BCUT2D eigenvalue weighted by Gasteiger charge is -2.17. The van der Waals surface area contributed by atoms with Crippen LogP contribution in [0.3, 0.4) is 0 Å². The molecule has 1 amide bonds. The zero-order chi connectivity index (χ0) is 21.4. The lowest BCUT2D eigenvalue weighted by Crippen LogP contribution is -2.29. The van der Waals surface area contributed by atoms with Crippen LogP contribution >= 0.6 is 0 Å². The quantitative estimate of drug-likeness (QED) is 0.617. The summed E-state index contributed by atoms with van der Waals surface area (Å²) in [6.45, 7) is 1.57. The van der Waals surface area contributed by atoms with Crippen molar-refractivity contribution in [3.8, 4) is 5.75 Å². The first-order chi connectivity index (χ1) is 13.5. The monoisotopic (exact) mass is 439 g/mol. The number of phenolic OH excluding ortho intramolecular Hbond substituents is 1. The van der Waals surface area contributed by atoms with E-state index in [1.807, 2.05) is 23.8 Å². The summed E-state index contributed by atoms with van der Waals surface area (Å²) in [6, 6.07) is 9.84. The smallest absolute Gasteiger partial charge is 0.326 e. The number of sulfonamides is 1. The maximum atomic E-state index is 12.0. The molecule has 0 atom stereocenters. The molecule has 0 saturated carbocycles. The fourth-order valence-electron chi connectivity index (χ4n) is 3.08. The largest absolute Gasteiger partial charge is 0.506 e. The van der Waals surface area contributed by atoms with E-state index >= 15 is 0 Å². The molecule has 0 aliphatic carbocycles. The highest BCUT2D eigenvalue weighted by Gasteiger charge is 2.35. The summed E-state index contributed by atoms with van der Waals surface area (Å²) in [5, 5.41) is 10.3. The third-order valence-electron chi connectivity index (χ3n) is 4.40. The van der Waals surface area contributed by atoms with E-state index in [2.05, 4.69) is 4.72 Å². The fourth-order valence-corrected chi connectivity index (χ4v) is 4.85. The number of carbonyl (C=O) groups excluding carboxylic acids is 1. The molecule has 1 saturated heterocycles. The Kier molecular flexibility index (Phi) is 5.46. The molecular weight excluding hydrogens is 418 g/mol. The van der Waals surface area contributed by atoms with E-state index in [1.165, 1.54) is 12.1 Å². The number of aryl methyl sites for hydroxylation is 1. The molecule has 1 aliphatic heterocycles. The normalized spacial score (nSPS) is 15.9. The van der Waals surface area contributed by atoms with Crippen molar-refractivity contribution in [2.24, 2.45) is 0 Å². The van der Waals surface area contributed by atoms with Gasteiger partial charge >= 0.3 is 10.2 Å². The Morgan fingerprint density at radius 3 is 2.41 bits per heavy atom. The van der Waals surface area contributed by atoms with Gasteiger partial charge in [-0.15, -0.1) is 0 Å². The van der Waals surface area contributed by atoms with E-state index in [0.717, 1.165) is 22.5 Å². The molecule has 0 aromatic heterocycles. The second-order valence-corrected chi connectivity index (χ2v) is 10.1. The van der Waals surface area contributed by atoms with Crippen molar-refractivity contribution in [2.75, 3.05) is 21.8 Å². The van der Waals surface area contributed by atoms with Gasteiger partial charge < -0.3 is 5.11 Å². The minimum atomic E-state index is -4.02. The number of hydrogen-bond acceptors (Lipinski definition) is 6. The summed E-state index contributed by atoms with van der Waals surface area (Å²) in [5.74, 6) is -0.979. The van der Waals surface area contributed by atoms with Crippen molar-refractivity contribution in [1.29, 1.82) is 0 Å². The van der Waals surface area contributed by atoms with E-state index in [0.29, 0.717) is 23.2 Å². The van der Waals surface area contributed by atoms with Crippen LogP contribution in [0.25, 0.3) is 0 Å². The number of aromatic hydroxyl groups is 1. The second-order valence-electron chi connectivity index (χ2n) is 6.76. The van der Waals surface area contributed by atoms with Gasteiger partial charge in [-0.3, -0.25) is 9.52 Å².